The summed E-state index contributed by atoms with van der Waals surface area (Å²) in [5, 5.41) is 3.67. The van der Waals surface area contributed by atoms with Crippen LogP contribution in [0, 0.1) is 27.7 Å². The van der Waals surface area contributed by atoms with Crippen LogP contribution in [0.5, 0.6) is 0 Å². The van der Waals surface area contributed by atoms with Crippen molar-refractivity contribution in [2.75, 3.05) is 16.8 Å². The average molecular weight is 447 g/mol. The third-order valence-corrected chi connectivity index (χ3v) is 5.78. The van der Waals surface area contributed by atoms with E-state index in [1.54, 1.807) is 0 Å². The molecule has 0 fully saturated rings. The molecule has 0 saturated heterocycles. The maximum Gasteiger partial charge on any atom is 0.0751 e. The van der Waals surface area contributed by atoms with Gasteiger partial charge in [-0.1, -0.05) is 40.2 Å². The zero-order chi connectivity index (χ0) is 20.5. The second-order valence-corrected chi connectivity index (χ2v) is 9.08. The van der Waals surface area contributed by atoms with Crippen molar-refractivity contribution in [1.29, 1.82) is 0 Å². The molecule has 0 aliphatic carbocycles. The zero-order valence-corrected chi connectivity index (χ0v) is 19.0. The van der Waals surface area contributed by atoms with Gasteiger partial charge >= 0.3 is 0 Å². The summed E-state index contributed by atoms with van der Waals surface area (Å²) in [6, 6.07) is 22.2. The minimum atomic E-state index is 0.196. The molecule has 0 amide bonds. The van der Waals surface area contributed by atoms with Crippen molar-refractivity contribution < 1.29 is 0 Å². The van der Waals surface area contributed by atoms with Crippen LogP contribution >= 0.6 is 15.9 Å². The summed E-state index contributed by atoms with van der Waals surface area (Å²) in [4.78, 5) is 2.48. The summed E-state index contributed by atoms with van der Waals surface area (Å²) in [5.41, 5.74) is 10.1. The number of hydrogen-bond acceptors (Lipinski definition) is 2. The lowest BCUT2D eigenvalue weighted by Gasteiger charge is -2.28. The third-order valence-electron chi connectivity index (χ3n) is 5.29. The van der Waals surface area contributed by atoms with Crippen molar-refractivity contribution in [3.05, 3.63) is 105 Å². The van der Waals surface area contributed by atoms with Crippen LogP contribution in [0.3, 0.4) is 0 Å². The van der Waals surface area contributed by atoms with Gasteiger partial charge < -0.3 is 10.2 Å². The second kappa shape index (κ2) is 8.08. The van der Waals surface area contributed by atoms with Crippen LogP contribution in [0.25, 0.3) is 0 Å². The number of halogens is 1. The Morgan fingerprint density at radius 3 is 2.07 bits per heavy atom. The SMILES string of the molecule is Cc1cc(C)cc(NC2=C[C@H](c3cccc(Br)c3)N(c3cc(C)cc(C)c3)C2)c1. The van der Waals surface area contributed by atoms with Crippen LogP contribution < -0.4 is 10.2 Å². The molecule has 148 valence electrons. The quantitative estimate of drug-likeness (QED) is 0.454. The van der Waals surface area contributed by atoms with E-state index in [0.717, 1.165) is 16.7 Å². The van der Waals surface area contributed by atoms with Crippen molar-refractivity contribution in [2.45, 2.75) is 33.7 Å². The molecule has 1 aliphatic heterocycles. The van der Waals surface area contributed by atoms with Crippen molar-refractivity contribution in [1.82, 2.24) is 0 Å². The maximum atomic E-state index is 3.67. The third kappa shape index (κ3) is 4.56. The van der Waals surface area contributed by atoms with Gasteiger partial charge in [-0.2, -0.15) is 0 Å². The molecule has 3 aromatic carbocycles. The number of rotatable bonds is 4. The highest BCUT2D eigenvalue weighted by Gasteiger charge is 2.27. The molecular formula is C26H27BrN2. The van der Waals surface area contributed by atoms with Gasteiger partial charge in [0.1, 0.15) is 0 Å². The van der Waals surface area contributed by atoms with E-state index in [0.29, 0.717) is 0 Å². The second-order valence-electron chi connectivity index (χ2n) is 8.17. The van der Waals surface area contributed by atoms with E-state index in [9.17, 15) is 0 Å². The van der Waals surface area contributed by atoms with Crippen molar-refractivity contribution >= 4 is 27.3 Å². The molecule has 0 saturated carbocycles. The lowest BCUT2D eigenvalue weighted by atomic mass is 10.0. The Hall–Kier alpha value is -2.52. The average Bonchev–Trinajstić information content (AvgIpc) is 3.04. The number of benzene rings is 3. The zero-order valence-electron chi connectivity index (χ0n) is 17.5. The summed E-state index contributed by atoms with van der Waals surface area (Å²) in [5.74, 6) is 0. The van der Waals surface area contributed by atoms with Crippen LogP contribution in [0.4, 0.5) is 11.4 Å². The van der Waals surface area contributed by atoms with E-state index in [2.05, 4.69) is 121 Å². The normalized spacial score (nSPS) is 16.1. The fraction of sp³-hybridized carbons (Fsp3) is 0.231. The van der Waals surface area contributed by atoms with Gasteiger partial charge in [-0.15, -0.1) is 0 Å². The fourth-order valence-electron chi connectivity index (χ4n) is 4.26. The van der Waals surface area contributed by atoms with Gasteiger partial charge in [-0.05, 0) is 98.0 Å². The molecule has 0 bridgehead atoms. The van der Waals surface area contributed by atoms with Crippen molar-refractivity contribution in [3.8, 4) is 0 Å². The molecule has 1 heterocycles. The van der Waals surface area contributed by atoms with Gasteiger partial charge in [-0.25, -0.2) is 0 Å². The lowest BCUT2D eigenvalue weighted by Crippen LogP contribution is -2.25. The summed E-state index contributed by atoms with van der Waals surface area (Å²) in [6.45, 7) is 9.49. The fourth-order valence-corrected chi connectivity index (χ4v) is 4.68. The van der Waals surface area contributed by atoms with E-state index in [4.69, 9.17) is 0 Å². The molecular weight excluding hydrogens is 420 g/mol. The molecule has 3 heteroatoms. The Bertz CT molecular complexity index is 1040. The maximum absolute atomic E-state index is 3.67. The number of hydrogen-bond donors (Lipinski definition) is 1. The minimum absolute atomic E-state index is 0.196. The summed E-state index contributed by atoms with van der Waals surface area (Å²) in [7, 11) is 0. The molecule has 2 nitrogen and oxygen atoms in total. The van der Waals surface area contributed by atoms with E-state index >= 15 is 0 Å². The van der Waals surface area contributed by atoms with E-state index in [1.165, 1.54) is 39.2 Å². The highest BCUT2D eigenvalue weighted by atomic mass is 79.9. The Kier molecular flexibility index (Phi) is 5.51. The van der Waals surface area contributed by atoms with Gasteiger partial charge in [0.15, 0.2) is 0 Å². The predicted octanol–water partition coefficient (Wildman–Crippen LogP) is 7.24. The molecule has 1 aliphatic rings. The molecule has 1 atom stereocenters. The predicted molar refractivity (Wildman–Crippen MR) is 128 cm³/mol. The number of nitrogens with one attached hydrogen (secondary N) is 1. The Balaban J connectivity index is 1.71. The van der Waals surface area contributed by atoms with E-state index in [-0.39, 0.29) is 6.04 Å². The van der Waals surface area contributed by atoms with Gasteiger partial charge in [0.05, 0.1) is 12.6 Å². The lowest BCUT2D eigenvalue weighted by molar-refractivity contribution is 0.808. The monoisotopic (exact) mass is 446 g/mol. The number of anilines is 2. The van der Waals surface area contributed by atoms with Crippen LogP contribution in [0.1, 0.15) is 33.9 Å². The number of aryl methyl sites for hydroxylation is 4. The Morgan fingerprint density at radius 1 is 0.828 bits per heavy atom. The first-order chi connectivity index (χ1) is 13.9. The van der Waals surface area contributed by atoms with Gasteiger partial charge in [0.2, 0.25) is 0 Å². The van der Waals surface area contributed by atoms with Crippen LogP contribution in [-0.4, -0.2) is 6.54 Å². The summed E-state index contributed by atoms with van der Waals surface area (Å²) < 4.78 is 1.11. The molecule has 0 spiro atoms. The molecule has 1 N–H and O–H groups in total. The molecule has 0 aromatic heterocycles. The largest absolute Gasteiger partial charge is 0.358 e. The van der Waals surface area contributed by atoms with Crippen LogP contribution in [0.15, 0.2) is 76.9 Å². The standard InChI is InChI=1S/C26H27BrN2/c1-17-8-18(2)11-23(10-17)28-24-15-26(21-6-5-7-22(27)14-21)29(16-24)25-12-19(3)9-20(4)13-25/h5-15,26,28H,16H2,1-4H3/t26-/m1/s1. The van der Waals surface area contributed by atoms with Crippen LogP contribution in [-0.2, 0) is 0 Å². The molecule has 3 aromatic rings. The minimum Gasteiger partial charge on any atom is -0.358 e. The molecule has 29 heavy (non-hydrogen) atoms. The highest BCUT2D eigenvalue weighted by Crippen LogP contribution is 2.36. The topological polar surface area (TPSA) is 15.3 Å². The molecule has 0 radical (unpaired) electrons. The van der Waals surface area contributed by atoms with Gasteiger partial charge in [-0.3, -0.25) is 0 Å². The summed E-state index contributed by atoms with van der Waals surface area (Å²) in [6.07, 6.45) is 2.36. The van der Waals surface area contributed by atoms with E-state index < -0.39 is 0 Å². The molecule has 4 rings (SSSR count). The summed E-state index contributed by atoms with van der Waals surface area (Å²) >= 11 is 3.64. The molecule has 0 unspecified atom stereocenters. The smallest absolute Gasteiger partial charge is 0.0751 e. The van der Waals surface area contributed by atoms with Crippen molar-refractivity contribution in [3.63, 3.8) is 0 Å². The van der Waals surface area contributed by atoms with Gasteiger partial charge in [0.25, 0.3) is 0 Å². The first-order valence-electron chi connectivity index (χ1n) is 10.0. The first kappa shape index (κ1) is 19.8. The first-order valence-corrected chi connectivity index (χ1v) is 10.8. The number of nitrogens with zero attached hydrogens (tertiary/aromatic N) is 1. The van der Waals surface area contributed by atoms with Crippen molar-refractivity contribution in [2.24, 2.45) is 0 Å². The van der Waals surface area contributed by atoms with Crippen LogP contribution in [0.2, 0.25) is 0 Å². The Morgan fingerprint density at radius 2 is 1.45 bits per heavy atom. The highest BCUT2D eigenvalue weighted by molar-refractivity contribution is 9.10. The Labute approximate surface area is 182 Å². The van der Waals surface area contributed by atoms with E-state index in [1.807, 2.05) is 0 Å². The van der Waals surface area contributed by atoms with Gasteiger partial charge in [0, 0.05) is 21.5 Å².